The topological polar surface area (TPSA) is 53.7 Å². The van der Waals surface area contributed by atoms with Gasteiger partial charge in [-0.1, -0.05) is 29.3 Å². The summed E-state index contributed by atoms with van der Waals surface area (Å²) in [6.45, 7) is 7.71. The van der Waals surface area contributed by atoms with Gasteiger partial charge in [0.05, 0.1) is 11.6 Å². The zero-order chi connectivity index (χ0) is 17.5. The Kier molecular flexibility index (Phi) is 6.76. The van der Waals surface area contributed by atoms with E-state index in [9.17, 15) is 0 Å². The highest BCUT2D eigenvalue weighted by atomic mass is 35.5. The van der Waals surface area contributed by atoms with Gasteiger partial charge in [0.1, 0.15) is 19.0 Å². The first-order valence-corrected chi connectivity index (χ1v) is 8.41. The van der Waals surface area contributed by atoms with Crippen LogP contribution < -0.4 is 19.9 Å². The van der Waals surface area contributed by atoms with Crippen LogP contribution in [0.5, 0.6) is 17.2 Å². The van der Waals surface area contributed by atoms with E-state index in [1.165, 1.54) is 5.56 Å². The summed E-state index contributed by atoms with van der Waals surface area (Å²) < 4.78 is 17.2. The monoisotopic (exact) mass is 349 g/mol. The summed E-state index contributed by atoms with van der Waals surface area (Å²) in [7, 11) is 0. The van der Waals surface area contributed by atoms with Crippen LogP contribution >= 0.6 is 11.6 Å². The molecule has 0 atom stereocenters. The molecule has 2 aromatic carbocycles. The fraction of sp³-hybridized carbons (Fsp3) is 0.368. The molecular weight excluding hydrogens is 326 g/mol. The first-order valence-electron chi connectivity index (χ1n) is 8.03. The zero-order valence-electron chi connectivity index (χ0n) is 14.4. The maximum Gasteiger partial charge on any atom is 0.179 e. The van der Waals surface area contributed by atoms with Crippen molar-refractivity contribution in [2.45, 2.75) is 27.3 Å². The van der Waals surface area contributed by atoms with E-state index >= 15 is 0 Å². The van der Waals surface area contributed by atoms with Crippen LogP contribution in [0, 0.1) is 13.8 Å². The molecule has 5 heteroatoms. The summed E-state index contributed by atoms with van der Waals surface area (Å²) in [5.74, 6) is 2.00. The Bertz CT molecular complexity index is 689. The van der Waals surface area contributed by atoms with E-state index in [-0.39, 0.29) is 0 Å². The number of benzene rings is 2. The second-order valence-corrected chi connectivity index (χ2v) is 5.92. The average Bonchev–Trinajstić information content (AvgIpc) is 2.55. The van der Waals surface area contributed by atoms with Crippen LogP contribution in [0.4, 0.5) is 0 Å². The van der Waals surface area contributed by atoms with Crippen molar-refractivity contribution in [3.05, 3.63) is 52.0 Å². The third-order valence-corrected chi connectivity index (χ3v) is 3.80. The molecule has 0 aliphatic carbocycles. The van der Waals surface area contributed by atoms with Crippen molar-refractivity contribution in [3.8, 4) is 17.2 Å². The smallest absolute Gasteiger partial charge is 0.179 e. The van der Waals surface area contributed by atoms with Gasteiger partial charge in [0.25, 0.3) is 0 Å². The maximum absolute atomic E-state index is 6.29. The van der Waals surface area contributed by atoms with Gasteiger partial charge in [0.15, 0.2) is 11.5 Å². The standard InChI is InChI=1S/C19H24ClNO3/c1-4-22-18-11-15(12-21)10-16(20)19(18)24-8-7-23-17-6-5-13(2)9-14(17)3/h5-6,9-11H,4,7-8,12,21H2,1-3H3. The molecule has 2 aromatic rings. The van der Waals surface area contributed by atoms with Crippen molar-refractivity contribution in [2.24, 2.45) is 5.73 Å². The Morgan fingerprint density at radius 2 is 1.71 bits per heavy atom. The van der Waals surface area contributed by atoms with E-state index < -0.39 is 0 Å². The Balaban J connectivity index is 1.98. The van der Waals surface area contributed by atoms with Crippen LogP contribution in [0.2, 0.25) is 5.02 Å². The SMILES string of the molecule is CCOc1cc(CN)cc(Cl)c1OCCOc1ccc(C)cc1C. The van der Waals surface area contributed by atoms with Gasteiger partial charge in [-0.05, 0) is 50.1 Å². The van der Waals surface area contributed by atoms with E-state index in [4.69, 9.17) is 31.5 Å². The molecule has 0 heterocycles. The second kappa shape index (κ2) is 8.81. The van der Waals surface area contributed by atoms with Gasteiger partial charge in [0.2, 0.25) is 0 Å². The molecule has 0 aliphatic rings. The molecule has 0 radical (unpaired) electrons. The van der Waals surface area contributed by atoms with E-state index in [0.717, 1.165) is 16.9 Å². The fourth-order valence-electron chi connectivity index (χ4n) is 2.40. The van der Waals surface area contributed by atoms with Crippen LogP contribution in [-0.4, -0.2) is 19.8 Å². The number of hydrogen-bond donors (Lipinski definition) is 1. The van der Waals surface area contributed by atoms with Crippen LogP contribution in [0.1, 0.15) is 23.6 Å². The lowest BCUT2D eigenvalue weighted by Gasteiger charge is -2.15. The van der Waals surface area contributed by atoms with Gasteiger partial charge in [-0.25, -0.2) is 0 Å². The number of nitrogens with two attached hydrogens (primary N) is 1. The predicted molar refractivity (Wildman–Crippen MR) is 97.4 cm³/mol. The van der Waals surface area contributed by atoms with Crippen LogP contribution in [0.3, 0.4) is 0 Å². The van der Waals surface area contributed by atoms with E-state index in [1.807, 2.05) is 32.0 Å². The molecule has 0 fully saturated rings. The van der Waals surface area contributed by atoms with Crippen molar-refractivity contribution in [1.29, 1.82) is 0 Å². The first kappa shape index (κ1) is 18.4. The van der Waals surface area contributed by atoms with Gasteiger partial charge >= 0.3 is 0 Å². The fourth-order valence-corrected chi connectivity index (χ4v) is 2.69. The molecule has 0 spiro atoms. The highest BCUT2D eigenvalue weighted by Crippen LogP contribution is 2.36. The first-order chi connectivity index (χ1) is 11.5. The Labute approximate surface area is 148 Å². The lowest BCUT2D eigenvalue weighted by Crippen LogP contribution is -2.11. The van der Waals surface area contributed by atoms with Gasteiger partial charge in [-0.15, -0.1) is 0 Å². The van der Waals surface area contributed by atoms with Crippen LogP contribution in [0.25, 0.3) is 0 Å². The molecular formula is C19H24ClNO3. The molecule has 0 bridgehead atoms. The summed E-state index contributed by atoms with van der Waals surface area (Å²) in [6.07, 6.45) is 0. The van der Waals surface area contributed by atoms with E-state index in [1.54, 1.807) is 6.07 Å². The predicted octanol–water partition coefficient (Wildman–Crippen LogP) is 4.27. The quantitative estimate of drug-likeness (QED) is 0.723. The second-order valence-electron chi connectivity index (χ2n) is 5.51. The number of ether oxygens (including phenoxy) is 3. The van der Waals surface area contributed by atoms with Crippen LogP contribution in [0.15, 0.2) is 30.3 Å². The number of halogens is 1. The Morgan fingerprint density at radius 1 is 0.958 bits per heavy atom. The zero-order valence-corrected chi connectivity index (χ0v) is 15.2. The summed E-state index contributed by atoms with van der Waals surface area (Å²) in [5.41, 5.74) is 8.89. The normalized spacial score (nSPS) is 10.5. The summed E-state index contributed by atoms with van der Waals surface area (Å²) in [6, 6.07) is 9.74. The molecule has 0 saturated carbocycles. The van der Waals surface area contributed by atoms with Crippen molar-refractivity contribution >= 4 is 11.6 Å². The number of rotatable bonds is 8. The third kappa shape index (κ3) is 4.79. The molecule has 2 rings (SSSR count). The summed E-state index contributed by atoms with van der Waals surface area (Å²) >= 11 is 6.29. The minimum atomic E-state index is 0.370. The molecule has 0 amide bonds. The van der Waals surface area contributed by atoms with Gasteiger partial charge < -0.3 is 19.9 Å². The molecule has 0 aliphatic heterocycles. The van der Waals surface area contributed by atoms with E-state index in [2.05, 4.69) is 13.0 Å². The molecule has 0 saturated heterocycles. The molecule has 0 unspecified atom stereocenters. The van der Waals surface area contributed by atoms with Gasteiger partial charge in [-0.3, -0.25) is 0 Å². The number of aryl methyl sites for hydroxylation is 2. The van der Waals surface area contributed by atoms with Crippen molar-refractivity contribution < 1.29 is 14.2 Å². The van der Waals surface area contributed by atoms with E-state index in [0.29, 0.717) is 42.9 Å². The van der Waals surface area contributed by atoms with Crippen molar-refractivity contribution in [1.82, 2.24) is 0 Å². The molecule has 4 nitrogen and oxygen atoms in total. The Hall–Kier alpha value is -1.91. The molecule has 2 N–H and O–H groups in total. The molecule has 130 valence electrons. The minimum absolute atomic E-state index is 0.370. The summed E-state index contributed by atoms with van der Waals surface area (Å²) in [4.78, 5) is 0. The minimum Gasteiger partial charge on any atom is -0.490 e. The average molecular weight is 350 g/mol. The van der Waals surface area contributed by atoms with Gasteiger partial charge in [-0.2, -0.15) is 0 Å². The maximum atomic E-state index is 6.29. The van der Waals surface area contributed by atoms with Crippen molar-refractivity contribution in [3.63, 3.8) is 0 Å². The third-order valence-electron chi connectivity index (χ3n) is 3.52. The molecule has 24 heavy (non-hydrogen) atoms. The largest absolute Gasteiger partial charge is 0.490 e. The molecule has 0 aromatic heterocycles. The van der Waals surface area contributed by atoms with Gasteiger partial charge in [0, 0.05) is 6.54 Å². The van der Waals surface area contributed by atoms with Crippen LogP contribution in [-0.2, 0) is 6.54 Å². The Morgan fingerprint density at radius 3 is 2.38 bits per heavy atom. The lowest BCUT2D eigenvalue weighted by molar-refractivity contribution is 0.207. The summed E-state index contributed by atoms with van der Waals surface area (Å²) in [5, 5.41) is 0.493. The highest BCUT2D eigenvalue weighted by molar-refractivity contribution is 6.32. The number of hydrogen-bond acceptors (Lipinski definition) is 4. The lowest BCUT2D eigenvalue weighted by atomic mass is 10.1. The highest BCUT2D eigenvalue weighted by Gasteiger charge is 2.12. The van der Waals surface area contributed by atoms with Crippen molar-refractivity contribution in [2.75, 3.05) is 19.8 Å².